The number of carbonyl (C=O) groups is 1. The first-order chi connectivity index (χ1) is 8.44. The Balaban J connectivity index is 2.22. The van der Waals surface area contributed by atoms with Gasteiger partial charge < -0.3 is 5.11 Å². The maximum absolute atomic E-state index is 12.5. The van der Waals surface area contributed by atoms with Crippen molar-refractivity contribution in [2.75, 3.05) is 13.1 Å². The molecule has 2 rings (SSSR count). The molecule has 2 aliphatic rings. The Bertz CT molecular complexity index is 423. The third kappa shape index (κ3) is 2.39. The van der Waals surface area contributed by atoms with Gasteiger partial charge in [-0.1, -0.05) is 6.42 Å². The minimum atomic E-state index is -3.62. The Morgan fingerprint density at radius 2 is 1.78 bits per heavy atom. The maximum atomic E-state index is 12.5. The molecule has 0 saturated carbocycles. The van der Waals surface area contributed by atoms with Crippen LogP contribution in [0, 0.1) is 0 Å². The summed E-state index contributed by atoms with van der Waals surface area (Å²) in [6.07, 6.45) is 3.78. The molecule has 104 valence electrons. The van der Waals surface area contributed by atoms with E-state index >= 15 is 0 Å². The second-order valence-electron chi connectivity index (χ2n) is 5.07. The largest absolute Gasteiger partial charge is 0.480 e. The molecule has 18 heavy (non-hydrogen) atoms. The molecule has 0 aromatic carbocycles. The lowest BCUT2D eigenvalue weighted by Crippen LogP contribution is -2.52. The number of hydrogen-bond donors (Lipinski definition) is 1. The van der Waals surface area contributed by atoms with E-state index in [2.05, 4.69) is 0 Å². The standard InChI is InChI=1S/C11H20N2O4S/c1-9-5-2-3-7-12(9)18(16,17)13-8-4-6-10(13)11(14)15/h9-10H,2-8H2,1H3,(H,14,15). The van der Waals surface area contributed by atoms with Crippen molar-refractivity contribution in [2.45, 2.75) is 51.1 Å². The van der Waals surface area contributed by atoms with E-state index in [1.165, 1.54) is 4.31 Å². The molecule has 6 nitrogen and oxygen atoms in total. The van der Waals surface area contributed by atoms with Gasteiger partial charge in [0.15, 0.2) is 0 Å². The number of rotatable bonds is 3. The van der Waals surface area contributed by atoms with E-state index in [1.807, 2.05) is 6.92 Å². The van der Waals surface area contributed by atoms with Crippen molar-refractivity contribution in [3.63, 3.8) is 0 Å². The molecule has 2 aliphatic heterocycles. The van der Waals surface area contributed by atoms with Crippen LogP contribution in [0.1, 0.15) is 39.0 Å². The number of carboxylic acids is 1. The van der Waals surface area contributed by atoms with Crippen LogP contribution in [0.15, 0.2) is 0 Å². The second kappa shape index (κ2) is 5.14. The van der Waals surface area contributed by atoms with E-state index < -0.39 is 22.2 Å². The zero-order valence-electron chi connectivity index (χ0n) is 10.6. The van der Waals surface area contributed by atoms with Crippen molar-refractivity contribution in [3.8, 4) is 0 Å². The van der Waals surface area contributed by atoms with Gasteiger partial charge in [0.1, 0.15) is 6.04 Å². The molecule has 7 heteroatoms. The number of nitrogens with zero attached hydrogens (tertiary/aromatic N) is 2. The van der Waals surface area contributed by atoms with Crippen molar-refractivity contribution in [2.24, 2.45) is 0 Å². The van der Waals surface area contributed by atoms with Gasteiger partial charge in [0.25, 0.3) is 10.2 Å². The van der Waals surface area contributed by atoms with Crippen molar-refractivity contribution < 1.29 is 18.3 Å². The lowest BCUT2D eigenvalue weighted by molar-refractivity contribution is -0.140. The van der Waals surface area contributed by atoms with Crippen LogP contribution < -0.4 is 0 Å². The first-order valence-corrected chi connectivity index (χ1v) is 7.85. The molecular formula is C11H20N2O4S. The predicted octanol–water partition coefficient (Wildman–Crippen LogP) is 0.655. The summed E-state index contributed by atoms with van der Waals surface area (Å²) in [4.78, 5) is 11.1. The van der Waals surface area contributed by atoms with Gasteiger partial charge in [-0.15, -0.1) is 0 Å². The fourth-order valence-electron chi connectivity index (χ4n) is 2.81. The van der Waals surface area contributed by atoms with Gasteiger partial charge in [-0.2, -0.15) is 17.0 Å². The summed E-state index contributed by atoms with van der Waals surface area (Å²) >= 11 is 0. The van der Waals surface area contributed by atoms with Gasteiger partial charge in [0, 0.05) is 19.1 Å². The quantitative estimate of drug-likeness (QED) is 0.821. The minimum absolute atomic E-state index is 0.0289. The number of hydrogen-bond acceptors (Lipinski definition) is 3. The topological polar surface area (TPSA) is 77.9 Å². The van der Waals surface area contributed by atoms with Crippen LogP contribution in [0.3, 0.4) is 0 Å². The Morgan fingerprint density at radius 3 is 2.39 bits per heavy atom. The van der Waals surface area contributed by atoms with E-state index in [1.54, 1.807) is 0 Å². The summed E-state index contributed by atoms with van der Waals surface area (Å²) in [6, 6.07) is -0.914. The molecule has 1 N–H and O–H groups in total. The second-order valence-corrected chi connectivity index (χ2v) is 6.90. The van der Waals surface area contributed by atoms with Gasteiger partial charge in [0.05, 0.1) is 0 Å². The summed E-state index contributed by atoms with van der Waals surface area (Å²) in [5.41, 5.74) is 0. The summed E-state index contributed by atoms with van der Waals surface area (Å²) in [7, 11) is -3.62. The fraction of sp³-hybridized carbons (Fsp3) is 0.909. The highest BCUT2D eigenvalue weighted by molar-refractivity contribution is 7.86. The molecule has 2 unspecified atom stereocenters. The molecule has 0 amide bonds. The highest BCUT2D eigenvalue weighted by Crippen LogP contribution is 2.28. The summed E-state index contributed by atoms with van der Waals surface area (Å²) < 4.78 is 27.6. The average Bonchev–Trinajstić information content (AvgIpc) is 2.78. The molecule has 2 fully saturated rings. The van der Waals surface area contributed by atoms with E-state index in [0.717, 1.165) is 23.6 Å². The summed E-state index contributed by atoms with van der Waals surface area (Å²) in [6.45, 7) is 2.72. The monoisotopic (exact) mass is 276 g/mol. The first-order valence-electron chi connectivity index (χ1n) is 6.46. The third-order valence-corrected chi connectivity index (χ3v) is 5.99. The highest BCUT2D eigenvalue weighted by Gasteiger charge is 2.43. The highest BCUT2D eigenvalue weighted by atomic mass is 32.2. The molecule has 0 aliphatic carbocycles. The van der Waals surface area contributed by atoms with Crippen molar-refractivity contribution in [3.05, 3.63) is 0 Å². The van der Waals surface area contributed by atoms with E-state index in [4.69, 9.17) is 5.11 Å². The smallest absolute Gasteiger partial charge is 0.322 e. The molecule has 0 spiro atoms. The first kappa shape index (κ1) is 13.8. The molecule has 0 aromatic rings. The van der Waals surface area contributed by atoms with Gasteiger partial charge in [-0.25, -0.2) is 0 Å². The van der Waals surface area contributed by atoms with Gasteiger partial charge in [0.2, 0.25) is 0 Å². The van der Waals surface area contributed by atoms with E-state index in [9.17, 15) is 13.2 Å². The van der Waals surface area contributed by atoms with Crippen LogP contribution in [0.4, 0.5) is 0 Å². The Morgan fingerprint density at radius 1 is 1.11 bits per heavy atom. The maximum Gasteiger partial charge on any atom is 0.322 e. The van der Waals surface area contributed by atoms with Crippen molar-refractivity contribution in [1.82, 2.24) is 8.61 Å². The summed E-state index contributed by atoms with van der Waals surface area (Å²) in [5, 5.41) is 9.09. The normalized spacial score (nSPS) is 31.6. The molecule has 0 aromatic heterocycles. The molecule has 0 radical (unpaired) electrons. The minimum Gasteiger partial charge on any atom is -0.480 e. The van der Waals surface area contributed by atoms with Crippen LogP contribution in [-0.4, -0.2) is 53.3 Å². The fourth-order valence-corrected chi connectivity index (χ4v) is 4.88. The molecule has 2 saturated heterocycles. The number of piperidine rings is 1. The Hall–Kier alpha value is -0.660. The molecule has 0 bridgehead atoms. The predicted molar refractivity (Wildman–Crippen MR) is 66.3 cm³/mol. The van der Waals surface area contributed by atoms with Crippen LogP contribution >= 0.6 is 0 Å². The molecular weight excluding hydrogens is 256 g/mol. The van der Waals surface area contributed by atoms with Gasteiger partial charge >= 0.3 is 5.97 Å². The number of aliphatic carboxylic acids is 1. The van der Waals surface area contributed by atoms with Crippen LogP contribution in [0.25, 0.3) is 0 Å². The van der Waals surface area contributed by atoms with Gasteiger partial charge in [-0.05, 0) is 32.6 Å². The SMILES string of the molecule is CC1CCCCN1S(=O)(=O)N1CCCC1C(=O)O. The van der Waals surface area contributed by atoms with Crippen LogP contribution in [0.2, 0.25) is 0 Å². The van der Waals surface area contributed by atoms with Crippen molar-refractivity contribution in [1.29, 1.82) is 0 Å². The zero-order chi connectivity index (χ0) is 13.3. The van der Waals surface area contributed by atoms with Crippen LogP contribution in [0.5, 0.6) is 0 Å². The number of carboxylic acid groups (broad SMARTS) is 1. The molecule has 2 heterocycles. The van der Waals surface area contributed by atoms with Crippen molar-refractivity contribution >= 4 is 16.2 Å². The van der Waals surface area contributed by atoms with Crippen LogP contribution in [-0.2, 0) is 15.0 Å². The third-order valence-electron chi connectivity index (χ3n) is 3.82. The van der Waals surface area contributed by atoms with Gasteiger partial charge in [-0.3, -0.25) is 4.79 Å². The molecule has 2 atom stereocenters. The average molecular weight is 276 g/mol. The lowest BCUT2D eigenvalue weighted by Gasteiger charge is -2.36. The van der Waals surface area contributed by atoms with E-state index in [0.29, 0.717) is 25.9 Å². The summed E-state index contributed by atoms with van der Waals surface area (Å²) in [5.74, 6) is -1.04. The lowest BCUT2D eigenvalue weighted by atomic mass is 10.1. The Labute approximate surface area is 108 Å². The Kier molecular flexibility index (Phi) is 3.93. The van der Waals surface area contributed by atoms with E-state index in [-0.39, 0.29) is 6.04 Å². The zero-order valence-corrected chi connectivity index (χ0v) is 11.4.